The minimum Gasteiger partial charge on any atom is -0.312 e. The summed E-state index contributed by atoms with van der Waals surface area (Å²) in [5.74, 6) is 2.38. The van der Waals surface area contributed by atoms with Crippen LogP contribution in [0, 0.1) is 12.8 Å². The number of aryl methyl sites for hydroxylation is 2. The second-order valence-electron chi connectivity index (χ2n) is 5.79. The highest BCUT2D eigenvalue weighted by Crippen LogP contribution is 2.21. The van der Waals surface area contributed by atoms with Crippen molar-refractivity contribution in [3.63, 3.8) is 0 Å². The molecule has 0 saturated heterocycles. The molecule has 1 unspecified atom stereocenters. The molecule has 0 aliphatic heterocycles. The molecule has 116 valence electrons. The number of halogens is 1. The van der Waals surface area contributed by atoms with Gasteiger partial charge in [-0.15, -0.1) is 11.6 Å². The van der Waals surface area contributed by atoms with Crippen LogP contribution in [0.5, 0.6) is 0 Å². The Morgan fingerprint density at radius 1 is 1.24 bits per heavy atom. The molecule has 0 bridgehead atoms. The second-order valence-corrected chi connectivity index (χ2v) is 6.17. The summed E-state index contributed by atoms with van der Waals surface area (Å²) in [7, 11) is 0. The van der Waals surface area contributed by atoms with Gasteiger partial charge in [-0.25, -0.2) is 9.97 Å². The van der Waals surface area contributed by atoms with E-state index in [1.54, 1.807) is 0 Å². The van der Waals surface area contributed by atoms with E-state index in [0.717, 1.165) is 35.6 Å². The molecule has 1 atom stereocenters. The molecule has 0 aliphatic rings. The summed E-state index contributed by atoms with van der Waals surface area (Å²) in [6.45, 7) is 7.57. The standard InChI is InChI=1S/C17H26ClN3/c1-4-6-7-14(5-2)12-21-16(10-11-18)20-15-9-8-13(3)19-17(15)21/h8-9,14H,4-7,10-12H2,1-3H3. The fourth-order valence-corrected chi connectivity index (χ4v) is 2.95. The highest BCUT2D eigenvalue weighted by molar-refractivity contribution is 6.17. The zero-order chi connectivity index (χ0) is 15.2. The predicted molar refractivity (Wildman–Crippen MR) is 90.0 cm³/mol. The average molecular weight is 308 g/mol. The summed E-state index contributed by atoms with van der Waals surface area (Å²) in [5.41, 5.74) is 3.05. The van der Waals surface area contributed by atoms with Crippen LogP contribution in [0.2, 0.25) is 0 Å². The molecule has 2 rings (SSSR count). The normalized spacial score (nSPS) is 13.0. The van der Waals surface area contributed by atoms with Crippen LogP contribution < -0.4 is 0 Å². The third-order valence-corrected chi connectivity index (χ3v) is 4.30. The van der Waals surface area contributed by atoms with Gasteiger partial charge in [0.05, 0.1) is 0 Å². The summed E-state index contributed by atoms with van der Waals surface area (Å²) >= 11 is 5.95. The first-order valence-corrected chi connectivity index (χ1v) is 8.61. The van der Waals surface area contributed by atoms with Crippen molar-refractivity contribution in [1.82, 2.24) is 14.5 Å². The van der Waals surface area contributed by atoms with Gasteiger partial charge in [0.15, 0.2) is 5.65 Å². The Bertz CT molecular complexity index is 577. The molecule has 0 spiro atoms. The number of hydrogen-bond donors (Lipinski definition) is 0. The van der Waals surface area contributed by atoms with Crippen molar-refractivity contribution in [3.05, 3.63) is 23.7 Å². The molecule has 0 aliphatic carbocycles. The Balaban J connectivity index is 2.34. The molecule has 0 amide bonds. The number of unbranched alkanes of at least 4 members (excludes halogenated alkanes) is 1. The number of alkyl halides is 1. The molecule has 3 nitrogen and oxygen atoms in total. The van der Waals surface area contributed by atoms with Gasteiger partial charge in [-0.05, 0) is 31.4 Å². The lowest BCUT2D eigenvalue weighted by Crippen LogP contribution is -2.14. The highest BCUT2D eigenvalue weighted by Gasteiger charge is 2.15. The van der Waals surface area contributed by atoms with Gasteiger partial charge < -0.3 is 4.57 Å². The van der Waals surface area contributed by atoms with Crippen molar-refractivity contribution in [2.75, 3.05) is 5.88 Å². The van der Waals surface area contributed by atoms with Crippen molar-refractivity contribution >= 4 is 22.8 Å². The third-order valence-electron chi connectivity index (χ3n) is 4.11. The lowest BCUT2D eigenvalue weighted by molar-refractivity contribution is 0.389. The van der Waals surface area contributed by atoms with Crippen LogP contribution in [0.15, 0.2) is 12.1 Å². The Morgan fingerprint density at radius 3 is 2.71 bits per heavy atom. The molecular formula is C17H26ClN3. The summed E-state index contributed by atoms with van der Waals surface area (Å²) in [4.78, 5) is 9.43. The highest BCUT2D eigenvalue weighted by atomic mass is 35.5. The smallest absolute Gasteiger partial charge is 0.160 e. The number of nitrogens with zero attached hydrogens (tertiary/aromatic N) is 3. The van der Waals surface area contributed by atoms with Gasteiger partial charge in [0.1, 0.15) is 11.3 Å². The van der Waals surface area contributed by atoms with E-state index >= 15 is 0 Å². The third kappa shape index (κ3) is 3.97. The van der Waals surface area contributed by atoms with E-state index in [1.165, 1.54) is 25.7 Å². The number of rotatable bonds is 8. The Labute approximate surface area is 132 Å². The van der Waals surface area contributed by atoms with Crippen LogP contribution in [0.25, 0.3) is 11.2 Å². The van der Waals surface area contributed by atoms with Gasteiger partial charge in [0.2, 0.25) is 0 Å². The van der Waals surface area contributed by atoms with E-state index in [-0.39, 0.29) is 0 Å². The first kappa shape index (κ1) is 16.3. The maximum atomic E-state index is 5.95. The van der Waals surface area contributed by atoms with Crippen molar-refractivity contribution < 1.29 is 0 Å². The van der Waals surface area contributed by atoms with Crippen molar-refractivity contribution in [2.24, 2.45) is 5.92 Å². The number of pyridine rings is 1. The molecule has 0 radical (unpaired) electrons. The van der Waals surface area contributed by atoms with Crippen LogP contribution in [-0.4, -0.2) is 20.4 Å². The topological polar surface area (TPSA) is 30.7 Å². The molecule has 0 aromatic carbocycles. The molecule has 0 N–H and O–H groups in total. The van der Waals surface area contributed by atoms with Gasteiger partial charge in [0, 0.05) is 24.5 Å². The fraction of sp³-hybridized carbons (Fsp3) is 0.647. The van der Waals surface area contributed by atoms with Crippen LogP contribution in [-0.2, 0) is 13.0 Å². The second kappa shape index (κ2) is 7.79. The predicted octanol–water partition coefficient (Wildman–Crippen LogP) is 4.74. The SMILES string of the molecule is CCCCC(CC)Cn1c(CCCl)nc2ccc(C)nc21. The van der Waals surface area contributed by atoms with E-state index in [0.29, 0.717) is 11.8 Å². The number of hydrogen-bond acceptors (Lipinski definition) is 2. The number of imidazole rings is 1. The van der Waals surface area contributed by atoms with Crippen molar-refractivity contribution in [3.8, 4) is 0 Å². The zero-order valence-corrected chi connectivity index (χ0v) is 14.2. The number of fused-ring (bicyclic) bond motifs is 1. The van der Waals surface area contributed by atoms with Gasteiger partial charge in [-0.1, -0.05) is 33.1 Å². The van der Waals surface area contributed by atoms with Gasteiger partial charge in [0.25, 0.3) is 0 Å². The average Bonchev–Trinajstić information content (AvgIpc) is 2.81. The van der Waals surface area contributed by atoms with E-state index in [4.69, 9.17) is 21.6 Å². The Kier molecular flexibility index (Phi) is 6.04. The maximum Gasteiger partial charge on any atom is 0.160 e. The lowest BCUT2D eigenvalue weighted by atomic mass is 9.99. The van der Waals surface area contributed by atoms with E-state index in [9.17, 15) is 0 Å². The monoisotopic (exact) mass is 307 g/mol. The van der Waals surface area contributed by atoms with Crippen molar-refractivity contribution in [1.29, 1.82) is 0 Å². The summed E-state index contributed by atoms with van der Waals surface area (Å²) in [6, 6.07) is 4.09. The van der Waals surface area contributed by atoms with Crippen LogP contribution in [0.3, 0.4) is 0 Å². The lowest BCUT2D eigenvalue weighted by Gasteiger charge is -2.17. The Hall–Kier alpha value is -1.09. The van der Waals surface area contributed by atoms with E-state index < -0.39 is 0 Å². The first-order valence-electron chi connectivity index (χ1n) is 8.08. The van der Waals surface area contributed by atoms with Crippen LogP contribution in [0.1, 0.15) is 51.0 Å². The maximum absolute atomic E-state index is 5.95. The van der Waals surface area contributed by atoms with Gasteiger partial charge >= 0.3 is 0 Å². The van der Waals surface area contributed by atoms with Gasteiger partial charge in [-0.2, -0.15) is 0 Å². The molecular weight excluding hydrogens is 282 g/mol. The zero-order valence-electron chi connectivity index (χ0n) is 13.4. The van der Waals surface area contributed by atoms with Crippen molar-refractivity contribution in [2.45, 2.75) is 59.4 Å². The summed E-state index contributed by atoms with van der Waals surface area (Å²) in [6.07, 6.45) is 5.83. The quantitative estimate of drug-likeness (QED) is 0.660. The molecule has 0 fully saturated rings. The molecule has 2 aromatic rings. The summed E-state index contributed by atoms with van der Waals surface area (Å²) in [5, 5.41) is 0. The largest absolute Gasteiger partial charge is 0.312 e. The van der Waals surface area contributed by atoms with Gasteiger partial charge in [-0.3, -0.25) is 0 Å². The van der Waals surface area contributed by atoms with E-state index in [2.05, 4.69) is 24.5 Å². The summed E-state index contributed by atoms with van der Waals surface area (Å²) < 4.78 is 2.30. The van der Waals surface area contributed by atoms with Crippen LogP contribution >= 0.6 is 11.6 Å². The molecule has 2 heterocycles. The van der Waals surface area contributed by atoms with E-state index in [1.807, 2.05) is 13.0 Å². The first-order chi connectivity index (χ1) is 10.2. The molecule has 4 heteroatoms. The molecule has 0 saturated carbocycles. The number of aromatic nitrogens is 3. The Morgan fingerprint density at radius 2 is 2.05 bits per heavy atom. The van der Waals surface area contributed by atoms with Crippen LogP contribution in [0.4, 0.5) is 0 Å². The minimum atomic E-state index is 0.605. The minimum absolute atomic E-state index is 0.605. The fourth-order valence-electron chi connectivity index (χ4n) is 2.79. The molecule has 21 heavy (non-hydrogen) atoms. The molecule has 2 aromatic heterocycles.